The van der Waals surface area contributed by atoms with Gasteiger partial charge in [-0.3, -0.25) is 14.2 Å². The summed E-state index contributed by atoms with van der Waals surface area (Å²) in [4.78, 5) is 47.5. The molecule has 6 rings (SSSR count). The fraction of sp³-hybridized carbons (Fsp3) is 0.371. The number of carbonyl (C=O) groups excluding carboxylic acids is 1. The van der Waals surface area contributed by atoms with Gasteiger partial charge in [-0.15, -0.1) is 0 Å². The minimum atomic E-state index is -0.386. The number of likely N-dealkylation sites (N-methyl/N-ethyl adjacent to an activating group) is 1. The first-order chi connectivity index (χ1) is 22.2. The molecule has 2 saturated heterocycles. The highest BCUT2D eigenvalue weighted by atomic mass is 16.5. The average Bonchev–Trinajstić information content (AvgIpc) is 3.47. The van der Waals surface area contributed by atoms with Crippen LogP contribution in [-0.2, 0) is 4.79 Å². The molecule has 236 valence electrons. The molecule has 2 fully saturated rings. The Balaban J connectivity index is 1.52. The van der Waals surface area contributed by atoms with E-state index in [9.17, 15) is 14.9 Å². The van der Waals surface area contributed by atoms with E-state index in [1.807, 2.05) is 48.2 Å². The summed E-state index contributed by atoms with van der Waals surface area (Å²) in [5.41, 5.74) is 2.67. The van der Waals surface area contributed by atoms with Crippen molar-refractivity contribution in [1.29, 1.82) is 5.26 Å². The molecule has 11 nitrogen and oxygen atoms in total. The third kappa shape index (κ3) is 5.61. The number of carbonyl (C=O) groups is 1. The van der Waals surface area contributed by atoms with Gasteiger partial charge in [0.05, 0.1) is 24.2 Å². The average molecular weight is 619 g/mol. The molecule has 1 amide bonds. The number of benzene rings is 2. The zero-order chi connectivity index (χ0) is 32.5. The Labute approximate surface area is 268 Å². The van der Waals surface area contributed by atoms with Gasteiger partial charge in [-0.2, -0.15) is 15.2 Å². The summed E-state index contributed by atoms with van der Waals surface area (Å²) in [5.74, 6) is 0.696. The van der Waals surface area contributed by atoms with Crippen molar-refractivity contribution < 1.29 is 9.53 Å². The molecule has 0 N–H and O–H groups in total. The second-order valence-electron chi connectivity index (χ2n) is 12.1. The molecule has 0 aliphatic carbocycles. The van der Waals surface area contributed by atoms with Crippen LogP contribution in [0.4, 0.5) is 5.82 Å². The third-order valence-electron chi connectivity index (χ3n) is 9.07. The number of likely N-dealkylation sites (tertiary alicyclic amines) is 1. The maximum Gasteiger partial charge on any atom is 0.319 e. The van der Waals surface area contributed by atoms with E-state index in [0.29, 0.717) is 49.1 Å². The Morgan fingerprint density at radius 2 is 1.89 bits per heavy atom. The van der Waals surface area contributed by atoms with E-state index >= 15 is 0 Å². The van der Waals surface area contributed by atoms with Gasteiger partial charge in [0.2, 0.25) is 5.91 Å². The standard InChI is InChI=1S/C35H38N8O3/c1-6-29(44)42-19-18-41(20-25(42)15-16-36)33-31-32(38-35(39-33)46-21-26-12-9-17-40(26)5)34(45)43(23(4)37-31)28-14-8-11-24-10-7-13-27(22(2)3)30(24)28/h6-8,10-11,13-14,25-26H,1-2,9,12,15,17-21H2,3-5H3/t25-,26?/m0/s1. The third-order valence-corrected chi connectivity index (χ3v) is 9.07. The second-order valence-corrected chi connectivity index (χ2v) is 12.1. The van der Waals surface area contributed by atoms with Crippen LogP contribution in [-0.4, -0.2) is 87.1 Å². The minimum Gasteiger partial charge on any atom is -0.462 e. The van der Waals surface area contributed by atoms with Crippen LogP contribution in [0.1, 0.15) is 37.6 Å². The molecule has 1 unspecified atom stereocenters. The van der Waals surface area contributed by atoms with Crippen molar-refractivity contribution in [2.24, 2.45) is 0 Å². The van der Waals surface area contributed by atoms with Crippen molar-refractivity contribution in [1.82, 2.24) is 29.3 Å². The van der Waals surface area contributed by atoms with Crippen molar-refractivity contribution >= 4 is 39.1 Å². The molecular formula is C35H38N8O3. The van der Waals surface area contributed by atoms with Crippen molar-refractivity contribution in [3.8, 4) is 17.8 Å². The first-order valence-electron chi connectivity index (χ1n) is 15.6. The first kappa shape index (κ1) is 30.9. The van der Waals surface area contributed by atoms with Gasteiger partial charge in [0, 0.05) is 31.1 Å². The maximum atomic E-state index is 14.5. The van der Waals surface area contributed by atoms with Crippen LogP contribution in [0, 0.1) is 18.3 Å². The summed E-state index contributed by atoms with van der Waals surface area (Å²) in [6.45, 7) is 14.1. The molecule has 0 bridgehead atoms. The Hall–Kier alpha value is -5.08. The molecule has 0 radical (unpaired) electrons. The van der Waals surface area contributed by atoms with Gasteiger partial charge in [-0.1, -0.05) is 49.1 Å². The number of rotatable bonds is 8. The molecule has 0 spiro atoms. The van der Waals surface area contributed by atoms with Gasteiger partial charge >= 0.3 is 6.01 Å². The number of anilines is 1. The number of allylic oxidation sites excluding steroid dienone is 1. The summed E-state index contributed by atoms with van der Waals surface area (Å²) in [7, 11) is 2.07. The number of nitriles is 1. The molecule has 2 aliphatic rings. The van der Waals surface area contributed by atoms with E-state index in [1.54, 1.807) is 16.4 Å². The Bertz CT molecular complexity index is 1960. The van der Waals surface area contributed by atoms with E-state index in [4.69, 9.17) is 14.7 Å². The molecule has 0 saturated carbocycles. The summed E-state index contributed by atoms with van der Waals surface area (Å²) in [6.07, 6.45) is 3.51. The number of hydrogen-bond acceptors (Lipinski definition) is 9. The van der Waals surface area contributed by atoms with E-state index in [-0.39, 0.29) is 41.5 Å². The van der Waals surface area contributed by atoms with Crippen LogP contribution in [0.15, 0.2) is 60.4 Å². The molecule has 4 heterocycles. The van der Waals surface area contributed by atoms with Crippen LogP contribution in [0.3, 0.4) is 0 Å². The Morgan fingerprint density at radius 3 is 2.59 bits per heavy atom. The minimum absolute atomic E-state index is 0.0964. The number of aryl methyl sites for hydroxylation is 1. The topological polar surface area (TPSA) is 120 Å². The number of ether oxygens (including phenoxy) is 1. The molecule has 4 aromatic rings. The van der Waals surface area contributed by atoms with Crippen LogP contribution in [0.2, 0.25) is 0 Å². The fourth-order valence-electron chi connectivity index (χ4n) is 6.67. The van der Waals surface area contributed by atoms with Gasteiger partial charge in [0.1, 0.15) is 17.9 Å². The zero-order valence-electron chi connectivity index (χ0n) is 26.6. The molecule has 2 aromatic heterocycles. The van der Waals surface area contributed by atoms with Gasteiger partial charge in [-0.25, -0.2) is 4.98 Å². The van der Waals surface area contributed by atoms with Gasteiger partial charge < -0.3 is 19.4 Å². The normalized spacial score (nSPS) is 18.6. The SMILES string of the molecule is C=CC(=O)N1CCN(c2nc(OCC3CCCN3C)nc3c(=O)n(-c4cccc5cccc(C(=C)C)c45)c(C)nc23)C[C@@H]1CC#N. The number of amides is 1. The van der Waals surface area contributed by atoms with Crippen LogP contribution < -0.4 is 15.2 Å². The highest BCUT2D eigenvalue weighted by Crippen LogP contribution is 2.32. The van der Waals surface area contributed by atoms with Crippen molar-refractivity contribution in [3.05, 3.63) is 77.4 Å². The lowest BCUT2D eigenvalue weighted by Gasteiger charge is -2.40. The summed E-state index contributed by atoms with van der Waals surface area (Å²) >= 11 is 0. The zero-order valence-corrected chi connectivity index (χ0v) is 26.6. The largest absolute Gasteiger partial charge is 0.462 e. The van der Waals surface area contributed by atoms with Crippen LogP contribution in [0.25, 0.3) is 33.1 Å². The predicted molar refractivity (Wildman–Crippen MR) is 179 cm³/mol. The lowest BCUT2D eigenvalue weighted by atomic mass is 9.98. The number of fused-ring (bicyclic) bond motifs is 2. The van der Waals surface area contributed by atoms with E-state index in [1.165, 1.54) is 6.08 Å². The summed E-state index contributed by atoms with van der Waals surface area (Å²) < 4.78 is 7.79. The highest BCUT2D eigenvalue weighted by Gasteiger charge is 2.32. The van der Waals surface area contributed by atoms with Crippen molar-refractivity contribution in [2.75, 3.05) is 44.7 Å². The number of hydrogen-bond donors (Lipinski definition) is 0. The second kappa shape index (κ2) is 12.7. The van der Waals surface area contributed by atoms with E-state index in [2.05, 4.69) is 36.2 Å². The number of aromatic nitrogens is 4. The van der Waals surface area contributed by atoms with Crippen molar-refractivity contribution in [2.45, 2.75) is 45.2 Å². The molecule has 46 heavy (non-hydrogen) atoms. The number of piperazine rings is 1. The monoisotopic (exact) mass is 618 g/mol. The predicted octanol–water partition coefficient (Wildman–Crippen LogP) is 4.26. The molecule has 2 aliphatic heterocycles. The molecule has 11 heteroatoms. The highest BCUT2D eigenvalue weighted by molar-refractivity contribution is 5.99. The fourth-order valence-corrected chi connectivity index (χ4v) is 6.67. The lowest BCUT2D eigenvalue weighted by Crippen LogP contribution is -2.55. The first-order valence-corrected chi connectivity index (χ1v) is 15.6. The van der Waals surface area contributed by atoms with Crippen LogP contribution in [0.5, 0.6) is 6.01 Å². The summed E-state index contributed by atoms with van der Waals surface area (Å²) in [6, 6.07) is 14.0. The number of nitrogens with zero attached hydrogens (tertiary/aromatic N) is 8. The lowest BCUT2D eigenvalue weighted by molar-refractivity contribution is -0.128. The van der Waals surface area contributed by atoms with Gasteiger partial charge in [0.25, 0.3) is 5.56 Å². The van der Waals surface area contributed by atoms with Crippen molar-refractivity contribution in [3.63, 3.8) is 0 Å². The molecule has 2 aromatic carbocycles. The molecule has 2 atom stereocenters. The van der Waals surface area contributed by atoms with Gasteiger partial charge in [-0.05, 0) is 63.4 Å². The summed E-state index contributed by atoms with van der Waals surface area (Å²) in [5, 5.41) is 11.4. The van der Waals surface area contributed by atoms with E-state index < -0.39 is 0 Å². The van der Waals surface area contributed by atoms with Gasteiger partial charge in [0.15, 0.2) is 11.3 Å². The van der Waals surface area contributed by atoms with Crippen LogP contribution >= 0.6 is 0 Å². The maximum absolute atomic E-state index is 14.5. The quantitative estimate of drug-likeness (QED) is 0.267. The Kier molecular flexibility index (Phi) is 8.56. The smallest absolute Gasteiger partial charge is 0.319 e. The van der Waals surface area contributed by atoms with E-state index in [0.717, 1.165) is 41.3 Å². The molecular weight excluding hydrogens is 580 g/mol. The Morgan fingerprint density at radius 1 is 1.11 bits per heavy atom.